The van der Waals surface area contributed by atoms with Crippen LogP contribution in [0.5, 0.6) is 0 Å². The summed E-state index contributed by atoms with van der Waals surface area (Å²) in [5.74, 6) is -0.299. The molecule has 0 bridgehead atoms. The molecule has 0 aliphatic carbocycles. The number of rotatable bonds is 0. The standard InChI is InChI=1S/C16H14N6O3S/c1-20-11-12(21(2)16(20)25)19-22-14(24)10(26-15(22)18-11)9-7-5-3-4-6-8(7)17-13(9)23/h3-6,11-12,19H,1-2H3,(H,17,23)/b10-9-. The summed E-state index contributed by atoms with van der Waals surface area (Å²) in [6, 6.07) is 7.10. The van der Waals surface area contributed by atoms with E-state index in [9.17, 15) is 14.4 Å². The van der Waals surface area contributed by atoms with Gasteiger partial charge >= 0.3 is 6.03 Å². The van der Waals surface area contributed by atoms with Gasteiger partial charge in [-0.05, 0) is 6.07 Å². The van der Waals surface area contributed by atoms with Crippen LogP contribution in [0.25, 0.3) is 5.57 Å². The molecule has 2 aromatic rings. The third kappa shape index (κ3) is 1.79. The molecule has 3 aliphatic heterocycles. The van der Waals surface area contributed by atoms with Crippen molar-refractivity contribution in [3.63, 3.8) is 0 Å². The summed E-state index contributed by atoms with van der Waals surface area (Å²) in [6.45, 7) is 0. The molecule has 4 heterocycles. The number of nitrogens with zero attached hydrogens (tertiary/aromatic N) is 4. The molecular weight excluding hydrogens is 356 g/mol. The van der Waals surface area contributed by atoms with Gasteiger partial charge in [0.25, 0.3) is 11.5 Å². The molecule has 5 rings (SSSR count). The Morgan fingerprint density at radius 3 is 2.69 bits per heavy atom. The number of benzene rings is 1. The third-order valence-corrected chi connectivity index (χ3v) is 5.94. The van der Waals surface area contributed by atoms with Crippen LogP contribution in [0, 0.1) is 0 Å². The van der Waals surface area contributed by atoms with E-state index < -0.39 is 12.3 Å². The largest absolute Gasteiger partial charge is 0.323 e. The Kier molecular flexibility index (Phi) is 2.88. The van der Waals surface area contributed by atoms with Crippen molar-refractivity contribution in [3.8, 4) is 0 Å². The second kappa shape index (κ2) is 4.94. The van der Waals surface area contributed by atoms with Crippen molar-refractivity contribution in [2.75, 3.05) is 24.8 Å². The van der Waals surface area contributed by atoms with Gasteiger partial charge in [-0.15, -0.1) is 0 Å². The zero-order chi connectivity index (χ0) is 18.2. The molecule has 9 nitrogen and oxygen atoms in total. The van der Waals surface area contributed by atoms with Crippen LogP contribution in [0.2, 0.25) is 0 Å². The number of likely N-dealkylation sites (N-methyl/N-ethyl adjacent to an activating group) is 2. The van der Waals surface area contributed by atoms with E-state index in [4.69, 9.17) is 0 Å². The number of urea groups is 1. The number of carbonyl (C=O) groups is 2. The van der Waals surface area contributed by atoms with Crippen molar-refractivity contribution < 1.29 is 9.59 Å². The maximum absolute atomic E-state index is 12.9. The van der Waals surface area contributed by atoms with Crippen molar-refractivity contribution >= 4 is 34.5 Å². The number of thiazole rings is 1. The molecule has 2 N–H and O–H groups in total. The van der Waals surface area contributed by atoms with E-state index in [0.717, 1.165) is 11.3 Å². The minimum absolute atomic E-state index is 0.168. The highest BCUT2D eigenvalue weighted by molar-refractivity contribution is 7.07. The summed E-state index contributed by atoms with van der Waals surface area (Å²) in [5.41, 5.74) is 4.47. The molecule has 132 valence electrons. The van der Waals surface area contributed by atoms with E-state index in [1.807, 2.05) is 18.2 Å². The first kappa shape index (κ1) is 15.1. The average Bonchev–Trinajstić information content (AvgIpc) is 3.20. The molecule has 2 unspecified atom stereocenters. The number of para-hydroxylation sites is 1. The number of hydrogen-bond acceptors (Lipinski definition) is 6. The molecule has 1 saturated heterocycles. The topological polar surface area (TPSA) is 99.0 Å². The second-order valence-electron chi connectivity index (χ2n) is 6.35. The van der Waals surface area contributed by atoms with Crippen LogP contribution < -0.4 is 25.6 Å². The Morgan fingerprint density at radius 2 is 1.88 bits per heavy atom. The molecule has 26 heavy (non-hydrogen) atoms. The number of nitrogens with one attached hydrogen (secondary N) is 2. The number of anilines is 1. The van der Waals surface area contributed by atoms with Gasteiger partial charge in [0, 0.05) is 25.3 Å². The van der Waals surface area contributed by atoms with Crippen LogP contribution >= 0.6 is 11.3 Å². The van der Waals surface area contributed by atoms with Gasteiger partial charge in [0.15, 0.2) is 12.3 Å². The van der Waals surface area contributed by atoms with Crippen LogP contribution in [0.4, 0.5) is 10.5 Å². The van der Waals surface area contributed by atoms with Gasteiger partial charge in [-0.3, -0.25) is 15.0 Å². The predicted octanol–water partition coefficient (Wildman–Crippen LogP) is -1.11. The Bertz CT molecular complexity index is 1170. The molecule has 0 spiro atoms. The third-order valence-electron chi connectivity index (χ3n) is 4.88. The number of aromatic nitrogens is 1. The summed E-state index contributed by atoms with van der Waals surface area (Å²) in [6.07, 6.45) is -0.858. The zero-order valence-corrected chi connectivity index (χ0v) is 14.7. The Labute approximate surface area is 150 Å². The predicted molar refractivity (Wildman–Crippen MR) is 94.8 cm³/mol. The molecule has 1 aromatic heterocycles. The Morgan fingerprint density at radius 1 is 1.12 bits per heavy atom. The summed E-state index contributed by atoms with van der Waals surface area (Å²) < 4.78 is 1.65. The highest BCUT2D eigenvalue weighted by Gasteiger charge is 2.44. The van der Waals surface area contributed by atoms with Crippen LogP contribution in [-0.2, 0) is 4.79 Å². The second-order valence-corrected chi connectivity index (χ2v) is 7.33. The van der Waals surface area contributed by atoms with Gasteiger partial charge in [0.2, 0.25) is 4.80 Å². The number of amides is 3. The van der Waals surface area contributed by atoms with Crippen LogP contribution in [0.3, 0.4) is 0 Å². The fraction of sp³-hybridized carbons (Fsp3) is 0.250. The lowest BCUT2D eigenvalue weighted by molar-refractivity contribution is -0.110. The molecule has 3 aliphatic rings. The molecule has 10 heteroatoms. The smallest absolute Gasteiger partial charge is 0.321 e. The van der Waals surface area contributed by atoms with Gasteiger partial charge in [0.1, 0.15) is 4.53 Å². The van der Waals surface area contributed by atoms with Crippen molar-refractivity contribution in [3.05, 3.63) is 49.5 Å². The molecule has 1 aromatic carbocycles. The Hall–Kier alpha value is -3.14. The summed E-state index contributed by atoms with van der Waals surface area (Å²) in [5, 5.41) is 2.78. The maximum atomic E-state index is 12.9. The van der Waals surface area contributed by atoms with E-state index in [1.54, 1.807) is 20.2 Å². The highest BCUT2D eigenvalue weighted by Crippen LogP contribution is 2.29. The molecule has 2 atom stereocenters. The normalized spacial score (nSPS) is 25.3. The van der Waals surface area contributed by atoms with Crippen LogP contribution in [-0.4, -0.2) is 52.8 Å². The SMILES string of the molecule is CN1C(=O)N(C)C2Nn3c(s/c(=C4\C(=O)Nc5ccccc54)c3=O)=NC21. The van der Waals surface area contributed by atoms with E-state index >= 15 is 0 Å². The lowest BCUT2D eigenvalue weighted by Crippen LogP contribution is -2.54. The van der Waals surface area contributed by atoms with Crippen LogP contribution in [0.1, 0.15) is 5.56 Å². The van der Waals surface area contributed by atoms with Crippen molar-refractivity contribution in [2.24, 2.45) is 4.99 Å². The fourth-order valence-corrected chi connectivity index (χ4v) is 4.57. The van der Waals surface area contributed by atoms with Gasteiger partial charge in [-0.2, -0.15) is 4.68 Å². The molecule has 3 amide bonds. The van der Waals surface area contributed by atoms with E-state index in [1.165, 1.54) is 14.5 Å². The number of fused-ring (bicyclic) bond motifs is 3. The quantitative estimate of drug-likeness (QED) is 0.614. The lowest BCUT2D eigenvalue weighted by atomic mass is 10.1. The molecule has 1 fully saturated rings. The van der Waals surface area contributed by atoms with Crippen molar-refractivity contribution in [1.29, 1.82) is 0 Å². The fourth-order valence-electron chi connectivity index (χ4n) is 3.52. The first-order valence-corrected chi connectivity index (χ1v) is 8.80. The summed E-state index contributed by atoms with van der Waals surface area (Å²) in [7, 11) is 3.33. The monoisotopic (exact) mass is 370 g/mol. The zero-order valence-electron chi connectivity index (χ0n) is 13.9. The first-order chi connectivity index (χ1) is 12.5. The molecule has 0 saturated carbocycles. The van der Waals surface area contributed by atoms with E-state index in [2.05, 4.69) is 15.7 Å². The number of carbonyl (C=O) groups excluding carboxylic acids is 2. The first-order valence-electron chi connectivity index (χ1n) is 7.98. The van der Waals surface area contributed by atoms with E-state index in [-0.39, 0.29) is 17.5 Å². The lowest BCUT2D eigenvalue weighted by Gasteiger charge is -2.26. The maximum Gasteiger partial charge on any atom is 0.323 e. The van der Waals surface area contributed by atoms with Crippen LogP contribution in [0.15, 0.2) is 34.1 Å². The van der Waals surface area contributed by atoms with Gasteiger partial charge in [-0.25, -0.2) is 9.79 Å². The van der Waals surface area contributed by atoms with Gasteiger partial charge in [0.05, 0.1) is 5.57 Å². The molecular formula is C16H14N6O3S. The van der Waals surface area contributed by atoms with Crippen molar-refractivity contribution in [2.45, 2.75) is 12.3 Å². The summed E-state index contributed by atoms with van der Waals surface area (Å²) >= 11 is 1.15. The van der Waals surface area contributed by atoms with E-state index in [0.29, 0.717) is 26.2 Å². The minimum Gasteiger partial charge on any atom is -0.321 e. The Balaban J connectivity index is 1.76. The average molecular weight is 370 g/mol. The molecule has 0 radical (unpaired) electrons. The summed E-state index contributed by atoms with van der Waals surface area (Å²) in [4.78, 5) is 45.5. The minimum atomic E-state index is -0.435. The van der Waals surface area contributed by atoms with Crippen molar-refractivity contribution in [1.82, 2.24) is 14.5 Å². The van der Waals surface area contributed by atoms with Gasteiger partial charge < -0.3 is 15.1 Å². The number of hydrogen-bond donors (Lipinski definition) is 2. The van der Waals surface area contributed by atoms with Gasteiger partial charge in [-0.1, -0.05) is 29.5 Å². The highest BCUT2D eigenvalue weighted by atomic mass is 32.1.